The molecule has 5 aromatic rings. The minimum atomic E-state index is -0.00438. The number of hydrogen-bond donors (Lipinski definition) is 0. The maximum atomic E-state index is 13.3. The van der Waals surface area contributed by atoms with Crippen molar-refractivity contribution in [3.05, 3.63) is 82.9 Å². The van der Waals surface area contributed by atoms with Gasteiger partial charge in [-0.3, -0.25) is 9.69 Å². The third-order valence-electron chi connectivity index (χ3n) is 5.08. The number of thiazole rings is 1. The van der Waals surface area contributed by atoms with E-state index in [0.717, 1.165) is 27.3 Å². The van der Waals surface area contributed by atoms with Crippen LogP contribution in [0.3, 0.4) is 0 Å². The summed E-state index contributed by atoms with van der Waals surface area (Å²) in [6.07, 6.45) is 1.42. The van der Waals surface area contributed by atoms with Crippen LogP contribution in [0.1, 0.15) is 17.9 Å². The van der Waals surface area contributed by atoms with Crippen LogP contribution < -0.4 is 4.90 Å². The topological polar surface area (TPSA) is 72.1 Å². The van der Waals surface area contributed by atoms with Gasteiger partial charge in [0.05, 0.1) is 10.2 Å². The first-order chi connectivity index (χ1) is 15.8. The van der Waals surface area contributed by atoms with Crippen LogP contribution in [-0.4, -0.2) is 27.6 Å². The summed E-state index contributed by atoms with van der Waals surface area (Å²) >= 11 is 3.12. The highest BCUT2D eigenvalue weighted by Gasteiger charge is 2.21. The van der Waals surface area contributed by atoms with Gasteiger partial charge in [-0.05, 0) is 35.6 Å². The van der Waals surface area contributed by atoms with E-state index in [-0.39, 0.29) is 12.3 Å². The maximum Gasteiger partial charge on any atom is 0.229 e. The van der Waals surface area contributed by atoms with Gasteiger partial charge >= 0.3 is 0 Å². The number of rotatable bonds is 8. The Hall–Kier alpha value is -3.36. The molecule has 0 N–H and O–H groups in total. The summed E-state index contributed by atoms with van der Waals surface area (Å²) in [5.41, 5.74) is 3.02. The molecule has 0 spiro atoms. The molecule has 0 aliphatic heterocycles. The first-order valence-electron chi connectivity index (χ1n) is 10.3. The number of nitrogens with zero attached hydrogens (tertiary/aromatic N) is 4. The summed E-state index contributed by atoms with van der Waals surface area (Å²) in [4.78, 5) is 24.2. The highest BCUT2D eigenvalue weighted by atomic mass is 32.1. The number of amides is 1. The van der Waals surface area contributed by atoms with Crippen LogP contribution >= 0.6 is 22.7 Å². The van der Waals surface area contributed by atoms with Crippen LogP contribution in [0.15, 0.2) is 75.9 Å². The minimum absolute atomic E-state index is 0.00438. The zero-order valence-electron chi connectivity index (χ0n) is 17.2. The van der Waals surface area contributed by atoms with Crippen molar-refractivity contribution in [2.45, 2.75) is 19.3 Å². The summed E-state index contributed by atoms with van der Waals surface area (Å²) in [6, 6.07) is 20.1. The van der Waals surface area contributed by atoms with E-state index in [1.165, 1.54) is 16.9 Å². The van der Waals surface area contributed by atoms with Crippen molar-refractivity contribution in [3.8, 4) is 11.4 Å². The molecule has 0 fully saturated rings. The van der Waals surface area contributed by atoms with Crippen molar-refractivity contribution in [1.29, 1.82) is 0 Å². The Bertz CT molecular complexity index is 1280. The molecule has 1 amide bonds. The second kappa shape index (κ2) is 9.42. The fourth-order valence-corrected chi connectivity index (χ4v) is 5.05. The second-order valence-corrected chi connectivity index (χ2v) is 9.06. The van der Waals surface area contributed by atoms with Gasteiger partial charge in [-0.25, -0.2) is 4.98 Å². The van der Waals surface area contributed by atoms with E-state index in [1.54, 1.807) is 16.2 Å². The fraction of sp³-hybridized carbons (Fsp3) is 0.167. The lowest BCUT2D eigenvalue weighted by molar-refractivity contribution is -0.118. The van der Waals surface area contributed by atoms with E-state index in [0.29, 0.717) is 24.7 Å². The zero-order valence-corrected chi connectivity index (χ0v) is 18.8. The highest BCUT2D eigenvalue weighted by Crippen LogP contribution is 2.29. The standard InChI is InChI=1S/C24H20N4O2S2/c29-22(11-10-21-26-23(27-30-21)18-13-15-31-16-18)28(14-12-17-6-2-1-3-7-17)24-25-19-8-4-5-9-20(19)32-24/h1-9,13,15-16H,10-12,14H2. The summed E-state index contributed by atoms with van der Waals surface area (Å²) in [5.74, 6) is 1.02. The molecular formula is C24H20N4O2S2. The Balaban J connectivity index is 1.32. The maximum absolute atomic E-state index is 13.3. The highest BCUT2D eigenvalue weighted by molar-refractivity contribution is 7.22. The average molecular weight is 461 g/mol. The van der Waals surface area contributed by atoms with Crippen molar-refractivity contribution in [2.75, 3.05) is 11.4 Å². The van der Waals surface area contributed by atoms with E-state index in [4.69, 9.17) is 9.51 Å². The summed E-state index contributed by atoms with van der Waals surface area (Å²) < 4.78 is 6.43. The average Bonchev–Trinajstić information content (AvgIpc) is 3.59. The molecule has 3 heterocycles. The minimum Gasteiger partial charge on any atom is -0.339 e. The third kappa shape index (κ3) is 4.61. The van der Waals surface area contributed by atoms with Gasteiger partial charge in [0.25, 0.3) is 0 Å². The predicted molar refractivity (Wildman–Crippen MR) is 128 cm³/mol. The lowest BCUT2D eigenvalue weighted by Gasteiger charge is -2.19. The van der Waals surface area contributed by atoms with Gasteiger partial charge in [0, 0.05) is 30.3 Å². The van der Waals surface area contributed by atoms with Crippen LogP contribution in [-0.2, 0) is 17.6 Å². The number of aromatic nitrogens is 3. The van der Waals surface area contributed by atoms with Crippen LogP contribution in [0.25, 0.3) is 21.6 Å². The lowest BCUT2D eigenvalue weighted by atomic mass is 10.1. The van der Waals surface area contributed by atoms with E-state index in [9.17, 15) is 4.79 Å². The normalized spacial score (nSPS) is 11.1. The predicted octanol–water partition coefficient (Wildman–Crippen LogP) is 5.62. The summed E-state index contributed by atoms with van der Waals surface area (Å²) in [7, 11) is 0. The van der Waals surface area contributed by atoms with Gasteiger partial charge < -0.3 is 4.52 Å². The van der Waals surface area contributed by atoms with E-state index < -0.39 is 0 Å². The third-order valence-corrected chi connectivity index (χ3v) is 6.82. The molecular weight excluding hydrogens is 440 g/mol. The molecule has 0 bridgehead atoms. The number of fused-ring (bicyclic) bond motifs is 1. The second-order valence-electron chi connectivity index (χ2n) is 7.27. The molecule has 0 aliphatic carbocycles. The Kier molecular flexibility index (Phi) is 6.04. The molecule has 3 aromatic heterocycles. The van der Waals surface area contributed by atoms with Crippen molar-refractivity contribution in [2.24, 2.45) is 0 Å². The molecule has 6 nitrogen and oxygen atoms in total. The van der Waals surface area contributed by atoms with E-state index in [2.05, 4.69) is 22.3 Å². The van der Waals surface area contributed by atoms with Gasteiger partial charge in [-0.2, -0.15) is 16.3 Å². The molecule has 0 radical (unpaired) electrons. The Morgan fingerprint density at radius 3 is 2.62 bits per heavy atom. The SMILES string of the molecule is O=C(CCc1nc(-c2ccsc2)no1)N(CCc1ccccc1)c1nc2ccccc2s1. The Morgan fingerprint density at radius 1 is 0.969 bits per heavy atom. The number of aryl methyl sites for hydroxylation is 1. The molecule has 2 aromatic carbocycles. The van der Waals surface area contributed by atoms with Crippen LogP contribution in [0.4, 0.5) is 5.13 Å². The summed E-state index contributed by atoms with van der Waals surface area (Å²) in [5, 5.41) is 8.69. The number of anilines is 1. The number of hydrogen-bond acceptors (Lipinski definition) is 7. The van der Waals surface area contributed by atoms with Gasteiger partial charge in [0.1, 0.15) is 0 Å². The van der Waals surface area contributed by atoms with Crippen molar-refractivity contribution in [1.82, 2.24) is 15.1 Å². The van der Waals surface area contributed by atoms with E-state index in [1.807, 2.05) is 59.3 Å². The van der Waals surface area contributed by atoms with Crippen molar-refractivity contribution in [3.63, 3.8) is 0 Å². The quantitative estimate of drug-likeness (QED) is 0.301. The van der Waals surface area contributed by atoms with Crippen LogP contribution in [0.2, 0.25) is 0 Å². The van der Waals surface area contributed by atoms with Crippen molar-refractivity contribution >= 4 is 43.9 Å². The van der Waals surface area contributed by atoms with E-state index >= 15 is 0 Å². The fourth-order valence-electron chi connectivity index (χ4n) is 3.40. The first kappa shape index (κ1) is 20.5. The number of benzene rings is 2. The number of carbonyl (C=O) groups is 1. The molecule has 0 aliphatic rings. The first-order valence-corrected chi connectivity index (χ1v) is 12.1. The Labute approximate surface area is 193 Å². The molecule has 0 unspecified atom stereocenters. The van der Waals surface area contributed by atoms with Gasteiger partial charge in [0.15, 0.2) is 5.13 Å². The molecule has 160 valence electrons. The molecule has 0 saturated carbocycles. The number of carbonyl (C=O) groups excluding carboxylic acids is 1. The largest absolute Gasteiger partial charge is 0.339 e. The van der Waals surface area contributed by atoms with Gasteiger partial charge in [-0.1, -0.05) is 59.0 Å². The monoisotopic (exact) mass is 460 g/mol. The molecule has 5 rings (SSSR count). The zero-order chi connectivity index (χ0) is 21.8. The molecule has 32 heavy (non-hydrogen) atoms. The van der Waals surface area contributed by atoms with Gasteiger partial charge in [-0.15, -0.1) is 0 Å². The molecule has 8 heteroatoms. The smallest absolute Gasteiger partial charge is 0.229 e. The Morgan fingerprint density at radius 2 is 1.81 bits per heavy atom. The molecule has 0 saturated heterocycles. The number of thiophene rings is 1. The van der Waals surface area contributed by atoms with Gasteiger partial charge in [0.2, 0.25) is 17.6 Å². The van der Waals surface area contributed by atoms with Crippen molar-refractivity contribution < 1.29 is 9.32 Å². The summed E-state index contributed by atoms with van der Waals surface area (Å²) in [6.45, 7) is 0.562. The van der Waals surface area contributed by atoms with Crippen LogP contribution in [0.5, 0.6) is 0 Å². The molecule has 0 atom stereocenters. The lowest BCUT2D eigenvalue weighted by Crippen LogP contribution is -2.33. The van der Waals surface area contributed by atoms with Crippen LogP contribution in [0, 0.1) is 0 Å². The number of para-hydroxylation sites is 1.